The number of aromatic nitrogens is 4. The molecular weight excluding hydrogens is 398 g/mol. The van der Waals surface area contributed by atoms with Crippen LogP contribution in [0.5, 0.6) is 0 Å². The van der Waals surface area contributed by atoms with E-state index < -0.39 is 0 Å². The van der Waals surface area contributed by atoms with Crippen LogP contribution in [0.25, 0.3) is 11.2 Å². The van der Waals surface area contributed by atoms with E-state index >= 15 is 0 Å². The number of hydrogen-bond donors (Lipinski definition) is 2. The number of rotatable bonds is 6. The standard InChI is InChI=1S/C25H35N7/c1-3-32-18(11-13-20(26)19-10-6-5-9-17(19)2)12-14-21-24(32)28-23-22(27-21)25(30-29-23)31-15-7-4-8-16-31/h5-6,9-10,18,20H,3-4,7-8,11-16,26H2,1-2H3,(H,28,29,30)/t18-,20+/m1/s1. The summed E-state index contributed by atoms with van der Waals surface area (Å²) in [5.74, 6) is 2.00. The Hall–Kier alpha value is -2.67. The molecule has 1 aromatic carbocycles. The summed E-state index contributed by atoms with van der Waals surface area (Å²) in [4.78, 5) is 14.9. The molecule has 0 unspecified atom stereocenters. The maximum atomic E-state index is 6.58. The van der Waals surface area contributed by atoms with Crippen molar-refractivity contribution in [1.29, 1.82) is 0 Å². The van der Waals surface area contributed by atoms with E-state index in [1.54, 1.807) is 0 Å². The van der Waals surface area contributed by atoms with Gasteiger partial charge in [0.25, 0.3) is 0 Å². The SMILES string of the molecule is CCN1c2nc3[nH]nc(N4CCCCC4)c3nc2CC[C@H]1CC[C@H](N)c1ccccc1C. The molecule has 1 fully saturated rings. The second-order valence-electron chi connectivity index (χ2n) is 9.30. The number of nitrogens with two attached hydrogens (primary N) is 1. The number of nitrogens with zero attached hydrogens (tertiary/aromatic N) is 5. The summed E-state index contributed by atoms with van der Waals surface area (Å²) in [6.45, 7) is 7.39. The first-order chi connectivity index (χ1) is 15.7. The Balaban J connectivity index is 1.35. The van der Waals surface area contributed by atoms with Gasteiger partial charge in [-0.25, -0.2) is 9.97 Å². The summed E-state index contributed by atoms with van der Waals surface area (Å²) in [5.41, 5.74) is 12.0. The highest BCUT2D eigenvalue weighted by Crippen LogP contribution is 2.34. The molecule has 4 heterocycles. The first kappa shape index (κ1) is 21.2. The number of piperidine rings is 1. The molecule has 32 heavy (non-hydrogen) atoms. The van der Waals surface area contributed by atoms with E-state index in [1.165, 1.54) is 30.4 Å². The van der Waals surface area contributed by atoms with Crippen LogP contribution >= 0.6 is 0 Å². The van der Waals surface area contributed by atoms with Gasteiger partial charge in [-0.15, -0.1) is 0 Å². The number of hydrogen-bond acceptors (Lipinski definition) is 6. The molecular formula is C25H35N7. The Labute approximate surface area is 190 Å². The van der Waals surface area contributed by atoms with Crippen molar-refractivity contribution in [1.82, 2.24) is 20.2 Å². The Kier molecular flexibility index (Phi) is 6.00. The summed E-state index contributed by atoms with van der Waals surface area (Å²) in [6.07, 6.45) is 7.85. The van der Waals surface area contributed by atoms with E-state index in [1.807, 2.05) is 0 Å². The van der Waals surface area contributed by atoms with Crippen LogP contribution in [0.1, 0.15) is 68.3 Å². The largest absolute Gasteiger partial charge is 0.353 e. The highest BCUT2D eigenvalue weighted by atomic mass is 15.3. The van der Waals surface area contributed by atoms with Crippen LogP contribution in [0.4, 0.5) is 11.6 Å². The third kappa shape index (κ3) is 3.94. The average molecular weight is 434 g/mol. The number of aryl methyl sites for hydroxylation is 2. The molecule has 0 amide bonds. The molecule has 7 heteroatoms. The third-order valence-electron chi connectivity index (χ3n) is 7.25. The van der Waals surface area contributed by atoms with Crippen LogP contribution in [0.3, 0.4) is 0 Å². The van der Waals surface area contributed by atoms with E-state index in [0.29, 0.717) is 6.04 Å². The normalized spacial score (nSPS) is 19.9. The minimum Gasteiger partial charge on any atom is -0.353 e. The van der Waals surface area contributed by atoms with Gasteiger partial charge in [0.1, 0.15) is 0 Å². The zero-order valence-corrected chi connectivity index (χ0v) is 19.3. The molecule has 1 saturated heterocycles. The molecule has 0 aliphatic carbocycles. The van der Waals surface area contributed by atoms with Crippen molar-refractivity contribution in [3.8, 4) is 0 Å². The highest BCUT2D eigenvalue weighted by Gasteiger charge is 2.30. The third-order valence-corrected chi connectivity index (χ3v) is 7.25. The molecule has 3 N–H and O–H groups in total. The molecule has 3 aromatic rings. The van der Waals surface area contributed by atoms with E-state index in [2.05, 4.69) is 58.1 Å². The van der Waals surface area contributed by atoms with Gasteiger partial charge >= 0.3 is 0 Å². The molecule has 0 radical (unpaired) electrons. The Morgan fingerprint density at radius 1 is 1.12 bits per heavy atom. The summed E-state index contributed by atoms with van der Waals surface area (Å²) in [6, 6.07) is 8.99. The number of aromatic amines is 1. The molecule has 170 valence electrons. The quantitative estimate of drug-likeness (QED) is 0.604. The van der Waals surface area contributed by atoms with Crippen LogP contribution in [-0.4, -0.2) is 45.8 Å². The van der Waals surface area contributed by atoms with Gasteiger partial charge in [-0.1, -0.05) is 24.3 Å². The zero-order valence-electron chi connectivity index (χ0n) is 19.3. The minimum absolute atomic E-state index is 0.0737. The summed E-state index contributed by atoms with van der Waals surface area (Å²) in [5, 5.41) is 7.76. The van der Waals surface area contributed by atoms with E-state index in [4.69, 9.17) is 15.7 Å². The van der Waals surface area contributed by atoms with Gasteiger partial charge in [-0.05, 0) is 69.9 Å². The summed E-state index contributed by atoms with van der Waals surface area (Å²) >= 11 is 0. The van der Waals surface area contributed by atoms with Crippen LogP contribution in [0.15, 0.2) is 24.3 Å². The van der Waals surface area contributed by atoms with Crippen LogP contribution in [0.2, 0.25) is 0 Å². The molecule has 5 rings (SSSR count). The van der Waals surface area contributed by atoms with Gasteiger partial charge in [0.05, 0.1) is 5.69 Å². The second kappa shape index (κ2) is 9.06. The second-order valence-corrected chi connectivity index (χ2v) is 9.30. The smallest absolute Gasteiger partial charge is 0.178 e. The number of anilines is 2. The van der Waals surface area contributed by atoms with Crippen molar-refractivity contribution in [3.63, 3.8) is 0 Å². The topological polar surface area (TPSA) is 87.0 Å². The predicted octanol–water partition coefficient (Wildman–Crippen LogP) is 4.27. The number of fused-ring (bicyclic) bond motifs is 2. The highest BCUT2D eigenvalue weighted by molar-refractivity contribution is 5.85. The molecule has 7 nitrogen and oxygen atoms in total. The lowest BCUT2D eigenvalue weighted by Gasteiger charge is -2.37. The van der Waals surface area contributed by atoms with Gasteiger partial charge in [0, 0.05) is 31.7 Å². The van der Waals surface area contributed by atoms with Crippen molar-refractivity contribution in [2.45, 2.75) is 70.9 Å². The lowest BCUT2D eigenvalue weighted by molar-refractivity contribution is 0.456. The van der Waals surface area contributed by atoms with Crippen molar-refractivity contribution >= 4 is 22.8 Å². The lowest BCUT2D eigenvalue weighted by atomic mass is 9.92. The van der Waals surface area contributed by atoms with Gasteiger partial charge in [0.2, 0.25) is 0 Å². The Morgan fingerprint density at radius 3 is 2.72 bits per heavy atom. The fourth-order valence-electron chi connectivity index (χ4n) is 5.45. The van der Waals surface area contributed by atoms with Gasteiger partial charge < -0.3 is 15.5 Å². The van der Waals surface area contributed by atoms with E-state index in [9.17, 15) is 0 Å². The first-order valence-electron chi connectivity index (χ1n) is 12.2. The van der Waals surface area contributed by atoms with Gasteiger partial charge in [-0.2, -0.15) is 5.10 Å². The molecule has 0 bridgehead atoms. The molecule has 2 aliphatic heterocycles. The number of benzene rings is 1. The summed E-state index contributed by atoms with van der Waals surface area (Å²) < 4.78 is 0. The van der Waals surface area contributed by atoms with Crippen molar-refractivity contribution in [2.75, 3.05) is 29.4 Å². The number of H-pyrrole nitrogens is 1. The summed E-state index contributed by atoms with van der Waals surface area (Å²) in [7, 11) is 0. The molecule has 2 aromatic heterocycles. The fraction of sp³-hybridized carbons (Fsp3) is 0.560. The maximum Gasteiger partial charge on any atom is 0.178 e. The van der Waals surface area contributed by atoms with Crippen LogP contribution in [-0.2, 0) is 6.42 Å². The molecule has 2 atom stereocenters. The van der Waals surface area contributed by atoms with Crippen LogP contribution in [0, 0.1) is 6.92 Å². The van der Waals surface area contributed by atoms with Gasteiger partial charge in [-0.3, -0.25) is 5.10 Å². The monoisotopic (exact) mass is 433 g/mol. The van der Waals surface area contributed by atoms with Gasteiger partial charge in [0.15, 0.2) is 22.8 Å². The Bertz CT molecular complexity index is 1070. The lowest BCUT2D eigenvalue weighted by Crippen LogP contribution is -2.40. The predicted molar refractivity (Wildman–Crippen MR) is 130 cm³/mol. The average Bonchev–Trinajstić information content (AvgIpc) is 3.24. The van der Waals surface area contributed by atoms with E-state index in [0.717, 1.165) is 73.8 Å². The van der Waals surface area contributed by atoms with Crippen molar-refractivity contribution in [3.05, 3.63) is 41.1 Å². The van der Waals surface area contributed by atoms with Crippen LogP contribution < -0.4 is 15.5 Å². The minimum atomic E-state index is 0.0737. The first-order valence-corrected chi connectivity index (χ1v) is 12.2. The Morgan fingerprint density at radius 2 is 1.94 bits per heavy atom. The van der Waals surface area contributed by atoms with Crippen molar-refractivity contribution in [2.24, 2.45) is 5.73 Å². The molecule has 2 aliphatic rings. The van der Waals surface area contributed by atoms with E-state index in [-0.39, 0.29) is 6.04 Å². The van der Waals surface area contributed by atoms with Crippen molar-refractivity contribution < 1.29 is 0 Å². The zero-order chi connectivity index (χ0) is 22.1. The maximum absolute atomic E-state index is 6.58. The number of nitrogens with one attached hydrogen (secondary N) is 1. The fourth-order valence-corrected chi connectivity index (χ4v) is 5.45. The molecule has 0 saturated carbocycles. The molecule has 0 spiro atoms.